The Hall–Kier alpha value is -0.130. The minimum atomic E-state index is -3.15. The van der Waals surface area contributed by atoms with Gasteiger partial charge in [0.25, 0.3) is 0 Å². The van der Waals surface area contributed by atoms with Crippen LogP contribution in [0.1, 0.15) is 52.9 Å². The molecule has 0 saturated heterocycles. The highest BCUT2D eigenvalue weighted by Crippen LogP contribution is 2.20. The lowest BCUT2D eigenvalue weighted by Gasteiger charge is -2.31. The molecule has 98 valence electrons. The van der Waals surface area contributed by atoms with E-state index in [4.69, 9.17) is 5.73 Å². The van der Waals surface area contributed by atoms with Gasteiger partial charge in [0.2, 0.25) is 10.0 Å². The first-order valence-electron chi connectivity index (χ1n) is 6.17. The molecule has 0 saturated carbocycles. The Morgan fingerprint density at radius 1 is 1.06 bits per heavy atom. The molecule has 0 unspecified atom stereocenters. The van der Waals surface area contributed by atoms with E-state index in [0.29, 0.717) is 13.0 Å². The maximum atomic E-state index is 11.8. The molecule has 5 heteroatoms. The zero-order valence-electron chi connectivity index (χ0n) is 10.8. The van der Waals surface area contributed by atoms with Gasteiger partial charge in [0.15, 0.2) is 0 Å². The van der Waals surface area contributed by atoms with Crippen LogP contribution in [0.4, 0.5) is 0 Å². The highest BCUT2D eigenvalue weighted by Gasteiger charge is 2.28. The molecule has 0 fully saturated rings. The summed E-state index contributed by atoms with van der Waals surface area (Å²) in [5.41, 5.74) is 5.09. The molecular formula is C11H26N2O2S. The maximum absolute atomic E-state index is 11.8. The summed E-state index contributed by atoms with van der Waals surface area (Å²) in [5, 5.41) is 0. The lowest BCUT2D eigenvalue weighted by Crippen LogP contribution is -2.47. The Morgan fingerprint density at radius 3 is 1.94 bits per heavy atom. The maximum Gasteiger partial charge on any atom is 0.212 e. The monoisotopic (exact) mass is 250 g/mol. The van der Waals surface area contributed by atoms with Crippen molar-refractivity contribution >= 4 is 10.0 Å². The van der Waals surface area contributed by atoms with E-state index in [0.717, 1.165) is 25.7 Å². The summed E-state index contributed by atoms with van der Waals surface area (Å²) < 4.78 is 26.5. The van der Waals surface area contributed by atoms with Gasteiger partial charge in [-0.25, -0.2) is 13.1 Å². The van der Waals surface area contributed by atoms with Gasteiger partial charge in [-0.2, -0.15) is 0 Å². The Bertz CT molecular complexity index is 263. The summed E-state index contributed by atoms with van der Waals surface area (Å²) in [6.45, 7) is 6.62. The molecule has 0 spiro atoms. The van der Waals surface area contributed by atoms with Crippen molar-refractivity contribution in [2.75, 3.05) is 12.3 Å². The fraction of sp³-hybridized carbons (Fsp3) is 1.00. The third-order valence-corrected chi connectivity index (χ3v) is 4.84. The molecule has 0 rings (SSSR count). The van der Waals surface area contributed by atoms with E-state index >= 15 is 0 Å². The second-order valence-electron chi connectivity index (χ2n) is 4.26. The van der Waals surface area contributed by atoms with Crippen molar-refractivity contribution in [3.05, 3.63) is 0 Å². The summed E-state index contributed by atoms with van der Waals surface area (Å²) in [7, 11) is -3.15. The minimum Gasteiger partial charge on any atom is -0.330 e. The molecular weight excluding hydrogens is 224 g/mol. The van der Waals surface area contributed by atoms with Gasteiger partial charge >= 0.3 is 0 Å². The van der Waals surface area contributed by atoms with E-state index in [1.807, 2.05) is 20.8 Å². The van der Waals surface area contributed by atoms with Crippen LogP contribution < -0.4 is 10.5 Å². The van der Waals surface area contributed by atoms with Crippen LogP contribution in [-0.4, -0.2) is 26.3 Å². The first-order chi connectivity index (χ1) is 7.45. The van der Waals surface area contributed by atoms with E-state index in [1.54, 1.807) is 0 Å². The number of nitrogens with two attached hydrogens (primary N) is 1. The first-order valence-corrected chi connectivity index (χ1v) is 7.82. The van der Waals surface area contributed by atoms with Crippen LogP contribution in [0.5, 0.6) is 0 Å². The van der Waals surface area contributed by atoms with Crippen molar-refractivity contribution in [3.63, 3.8) is 0 Å². The van der Waals surface area contributed by atoms with Gasteiger partial charge in [0.1, 0.15) is 0 Å². The Morgan fingerprint density at radius 2 is 1.56 bits per heavy atom. The number of rotatable bonds is 9. The second kappa shape index (κ2) is 7.25. The van der Waals surface area contributed by atoms with Gasteiger partial charge in [-0.3, -0.25) is 0 Å². The average molecular weight is 250 g/mol. The van der Waals surface area contributed by atoms with Crippen LogP contribution in [0, 0.1) is 0 Å². The Balaban J connectivity index is 4.42. The van der Waals surface area contributed by atoms with Gasteiger partial charge in [0.05, 0.1) is 5.75 Å². The van der Waals surface area contributed by atoms with Crippen molar-refractivity contribution < 1.29 is 8.42 Å². The molecule has 0 aliphatic rings. The molecule has 0 heterocycles. The molecule has 0 bridgehead atoms. The van der Waals surface area contributed by atoms with E-state index in [2.05, 4.69) is 4.72 Å². The summed E-state index contributed by atoms with van der Waals surface area (Å²) >= 11 is 0. The molecule has 0 aromatic rings. The molecule has 0 aliphatic heterocycles. The molecule has 0 aromatic carbocycles. The topological polar surface area (TPSA) is 72.2 Å². The fourth-order valence-corrected chi connectivity index (χ4v) is 3.56. The van der Waals surface area contributed by atoms with Crippen LogP contribution in [0.25, 0.3) is 0 Å². The van der Waals surface area contributed by atoms with E-state index in [9.17, 15) is 8.42 Å². The second-order valence-corrected chi connectivity index (χ2v) is 6.10. The van der Waals surface area contributed by atoms with Gasteiger partial charge in [-0.05, 0) is 38.6 Å². The summed E-state index contributed by atoms with van der Waals surface area (Å²) in [5.74, 6) is 0.186. The van der Waals surface area contributed by atoms with Gasteiger partial charge in [-0.1, -0.05) is 20.8 Å². The Kier molecular flexibility index (Phi) is 7.19. The lowest BCUT2D eigenvalue weighted by molar-refractivity contribution is 0.341. The molecule has 4 nitrogen and oxygen atoms in total. The first kappa shape index (κ1) is 15.9. The average Bonchev–Trinajstić information content (AvgIpc) is 2.26. The zero-order chi connectivity index (χ0) is 12.7. The molecule has 0 aliphatic carbocycles. The van der Waals surface area contributed by atoms with Crippen molar-refractivity contribution in [3.8, 4) is 0 Å². The largest absolute Gasteiger partial charge is 0.330 e. The van der Waals surface area contributed by atoms with Crippen LogP contribution in [0.2, 0.25) is 0 Å². The van der Waals surface area contributed by atoms with Crippen LogP contribution in [0.3, 0.4) is 0 Å². The fourth-order valence-electron chi connectivity index (χ4n) is 1.78. The SMILES string of the molecule is CCC(CC)(CC)NS(=O)(=O)CCCCN. The number of hydrogen-bond acceptors (Lipinski definition) is 3. The van der Waals surface area contributed by atoms with Gasteiger partial charge in [-0.15, -0.1) is 0 Å². The smallest absolute Gasteiger partial charge is 0.212 e. The van der Waals surface area contributed by atoms with Crippen molar-refractivity contribution in [2.24, 2.45) is 5.73 Å². The van der Waals surface area contributed by atoms with Gasteiger partial charge in [0, 0.05) is 5.54 Å². The minimum absolute atomic E-state index is 0.186. The van der Waals surface area contributed by atoms with E-state index in [-0.39, 0.29) is 11.3 Å². The number of hydrogen-bond donors (Lipinski definition) is 2. The standard InChI is InChI=1S/C11H26N2O2S/c1-4-11(5-2,6-3)13-16(14,15)10-8-7-9-12/h13H,4-10,12H2,1-3H3. The van der Waals surface area contributed by atoms with Crippen molar-refractivity contribution in [2.45, 2.75) is 58.4 Å². The number of nitrogens with one attached hydrogen (secondary N) is 1. The molecule has 0 atom stereocenters. The van der Waals surface area contributed by atoms with Crippen molar-refractivity contribution in [1.29, 1.82) is 0 Å². The van der Waals surface area contributed by atoms with E-state index < -0.39 is 10.0 Å². The zero-order valence-corrected chi connectivity index (χ0v) is 11.6. The van der Waals surface area contributed by atoms with E-state index in [1.165, 1.54) is 0 Å². The van der Waals surface area contributed by atoms with Crippen LogP contribution in [0.15, 0.2) is 0 Å². The molecule has 0 radical (unpaired) electrons. The predicted octanol–water partition coefficient (Wildman–Crippen LogP) is 1.61. The summed E-state index contributed by atoms with van der Waals surface area (Å²) in [6.07, 6.45) is 3.89. The third-order valence-electron chi connectivity index (χ3n) is 3.27. The highest BCUT2D eigenvalue weighted by molar-refractivity contribution is 7.89. The number of unbranched alkanes of at least 4 members (excludes halogenated alkanes) is 1. The lowest BCUT2D eigenvalue weighted by atomic mass is 9.91. The molecule has 0 aromatic heterocycles. The summed E-state index contributed by atoms with van der Waals surface area (Å²) in [6, 6.07) is 0. The van der Waals surface area contributed by atoms with Gasteiger partial charge < -0.3 is 5.73 Å². The van der Waals surface area contributed by atoms with Crippen LogP contribution in [-0.2, 0) is 10.0 Å². The quantitative estimate of drug-likeness (QED) is 0.611. The Labute approximate surface area is 100 Å². The molecule has 16 heavy (non-hydrogen) atoms. The normalized spacial score (nSPS) is 13.0. The van der Waals surface area contributed by atoms with Crippen LogP contribution >= 0.6 is 0 Å². The predicted molar refractivity (Wildman–Crippen MR) is 68.8 cm³/mol. The van der Waals surface area contributed by atoms with Crippen molar-refractivity contribution in [1.82, 2.24) is 4.72 Å². The molecule has 0 amide bonds. The highest BCUT2D eigenvalue weighted by atomic mass is 32.2. The third kappa shape index (κ3) is 5.27. The summed E-state index contributed by atoms with van der Waals surface area (Å²) in [4.78, 5) is 0. The molecule has 3 N–H and O–H groups in total. The number of sulfonamides is 1.